The molecule has 1 aromatic rings. The number of rotatable bonds is 9. The molecule has 2 N–H and O–H groups in total. The van der Waals surface area contributed by atoms with Crippen LogP contribution in [0, 0.1) is 6.92 Å². The van der Waals surface area contributed by atoms with E-state index in [-0.39, 0.29) is 12.3 Å². The van der Waals surface area contributed by atoms with Crippen LogP contribution >= 0.6 is 0 Å². The van der Waals surface area contributed by atoms with Crippen molar-refractivity contribution in [3.63, 3.8) is 0 Å². The van der Waals surface area contributed by atoms with Gasteiger partial charge in [0, 0.05) is 5.69 Å². The molecule has 0 saturated carbocycles. The number of sulfonamides is 1. The molecule has 1 heterocycles. The van der Waals surface area contributed by atoms with Crippen molar-refractivity contribution < 1.29 is 8.42 Å². The molecule has 0 unspecified atom stereocenters. The first-order chi connectivity index (χ1) is 9.03. The predicted octanol–water partition coefficient (Wildman–Crippen LogP) is 1.20. The van der Waals surface area contributed by atoms with Crippen molar-refractivity contribution >= 4 is 10.0 Å². The lowest BCUT2D eigenvalue weighted by atomic mass is 10.3. The quantitative estimate of drug-likeness (QED) is 0.669. The van der Waals surface area contributed by atoms with E-state index in [2.05, 4.69) is 15.0 Å². The van der Waals surface area contributed by atoms with Crippen molar-refractivity contribution in [2.75, 3.05) is 18.8 Å². The minimum atomic E-state index is -3.20. The lowest BCUT2D eigenvalue weighted by Gasteiger charge is -2.07. The van der Waals surface area contributed by atoms with Gasteiger partial charge in [0.15, 0.2) is 0 Å². The Morgan fingerprint density at radius 2 is 2.05 bits per heavy atom. The van der Waals surface area contributed by atoms with Gasteiger partial charge < -0.3 is 5.32 Å². The van der Waals surface area contributed by atoms with Crippen molar-refractivity contribution in [2.45, 2.75) is 33.2 Å². The first-order valence-corrected chi connectivity index (χ1v) is 8.29. The molecule has 6 heteroatoms. The molecular weight excluding hydrogens is 262 g/mol. The molecule has 1 rings (SSSR count). The van der Waals surface area contributed by atoms with Crippen molar-refractivity contribution in [3.05, 3.63) is 29.6 Å². The van der Waals surface area contributed by atoms with Crippen molar-refractivity contribution in [3.8, 4) is 0 Å². The van der Waals surface area contributed by atoms with Crippen LogP contribution in [0.15, 0.2) is 18.2 Å². The molecular formula is C13H23N3O2S. The van der Waals surface area contributed by atoms with Gasteiger partial charge in [-0.05, 0) is 45.0 Å². The zero-order valence-corrected chi connectivity index (χ0v) is 12.5. The fraction of sp³-hybridized carbons (Fsp3) is 0.615. The summed E-state index contributed by atoms with van der Waals surface area (Å²) in [6.45, 7) is 5.97. The summed E-state index contributed by atoms with van der Waals surface area (Å²) in [4.78, 5) is 4.26. The van der Waals surface area contributed by atoms with Crippen LogP contribution in [0.4, 0.5) is 0 Å². The number of hydrogen-bond donors (Lipinski definition) is 2. The Bertz CT molecular complexity index is 475. The molecule has 5 nitrogen and oxygen atoms in total. The molecule has 0 aromatic carbocycles. The number of nitrogens with one attached hydrogen (secondary N) is 2. The van der Waals surface area contributed by atoms with E-state index < -0.39 is 10.0 Å². The largest absolute Gasteiger partial charge is 0.317 e. The average molecular weight is 285 g/mol. The van der Waals surface area contributed by atoms with Gasteiger partial charge in [0.2, 0.25) is 10.0 Å². The molecule has 0 aliphatic heterocycles. The van der Waals surface area contributed by atoms with E-state index in [1.54, 1.807) is 0 Å². The lowest BCUT2D eigenvalue weighted by Crippen LogP contribution is -2.27. The fourth-order valence-electron chi connectivity index (χ4n) is 1.67. The third-order valence-corrected chi connectivity index (χ3v) is 4.10. The van der Waals surface area contributed by atoms with Crippen molar-refractivity contribution in [1.29, 1.82) is 0 Å². The Labute approximate surface area is 115 Å². The highest BCUT2D eigenvalue weighted by molar-refractivity contribution is 7.89. The molecule has 19 heavy (non-hydrogen) atoms. The number of aromatic nitrogens is 1. The zero-order valence-electron chi connectivity index (χ0n) is 11.6. The summed E-state index contributed by atoms with van der Waals surface area (Å²) in [5, 5.41) is 3.17. The van der Waals surface area contributed by atoms with Gasteiger partial charge in [0.05, 0.1) is 18.0 Å². The molecule has 0 saturated heterocycles. The Morgan fingerprint density at radius 3 is 2.74 bits per heavy atom. The maximum absolute atomic E-state index is 11.8. The molecule has 0 radical (unpaired) electrons. The van der Waals surface area contributed by atoms with Crippen LogP contribution < -0.4 is 10.0 Å². The van der Waals surface area contributed by atoms with Crippen LogP contribution in [-0.2, 0) is 16.6 Å². The summed E-state index contributed by atoms with van der Waals surface area (Å²) in [7, 11) is -3.20. The Hall–Kier alpha value is -0.980. The SMILES string of the molecule is CCNCCCCS(=O)(=O)NCc1cccc(C)n1. The summed E-state index contributed by atoms with van der Waals surface area (Å²) in [5.41, 5.74) is 1.64. The topological polar surface area (TPSA) is 71.1 Å². The highest BCUT2D eigenvalue weighted by Gasteiger charge is 2.09. The lowest BCUT2D eigenvalue weighted by molar-refractivity contribution is 0.573. The molecule has 0 bridgehead atoms. The van der Waals surface area contributed by atoms with Gasteiger partial charge >= 0.3 is 0 Å². The monoisotopic (exact) mass is 285 g/mol. The van der Waals surface area contributed by atoms with Crippen LogP contribution in [0.3, 0.4) is 0 Å². The first-order valence-electron chi connectivity index (χ1n) is 6.64. The summed E-state index contributed by atoms with van der Waals surface area (Å²) in [5.74, 6) is 0.171. The van der Waals surface area contributed by atoms with Crippen molar-refractivity contribution in [2.24, 2.45) is 0 Å². The number of pyridine rings is 1. The number of unbranched alkanes of at least 4 members (excludes halogenated alkanes) is 1. The van der Waals surface area contributed by atoms with Gasteiger partial charge in [-0.15, -0.1) is 0 Å². The summed E-state index contributed by atoms with van der Waals surface area (Å²) in [6, 6.07) is 5.59. The van der Waals surface area contributed by atoms with E-state index in [1.807, 2.05) is 32.0 Å². The van der Waals surface area contributed by atoms with E-state index in [9.17, 15) is 8.42 Å². The zero-order chi connectivity index (χ0) is 14.1. The van der Waals surface area contributed by atoms with Gasteiger partial charge in [0.1, 0.15) is 0 Å². The number of hydrogen-bond acceptors (Lipinski definition) is 4. The van der Waals surface area contributed by atoms with Crippen LogP contribution in [0.5, 0.6) is 0 Å². The second-order valence-electron chi connectivity index (χ2n) is 4.47. The molecule has 1 aromatic heterocycles. The molecule has 0 amide bonds. The number of nitrogens with zero attached hydrogens (tertiary/aromatic N) is 1. The Kier molecular flexibility index (Phi) is 6.97. The molecule has 0 atom stereocenters. The minimum Gasteiger partial charge on any atom is -0.317 e. The molecule has 0 fully saturated rings. The predicted molar refractivity (Wildman–Crippen MR) is 77.4 cm³/mol. The van der Waals surface area contributed by atoms with Gasteiger partial charge in [0.25, 0.3) is 0 Å². The van der Waals surface area contributed by atoms with Gasteiger partial charge in [-0.25, -0.2) is 13.1 Å². The van der Waals surface area contributed by atoms with Crippen molar-refractivity contribution in [1.82, 2.24) is 15.0 Å². The molecule has 108 valence electrons. The van der Waals surface area contributed by atoms with E-state index >= 15 is 0 Å². The second-order valence-corrected chi connectivity index (χ2v) is 6.40. The van der Waals surface area contributed by atoms with E-state index in [0.717, 1.165) is 30.9 Å². The molecule has 0 spiro atoms. The Morgan fingerprint density at radius 1 is 1.26 bits per heavy atom. The maximum atomic E-state index is 11.8. The normalized spacial score (nSPS) is 11.7. The number of aryl methyl sites for hydroxylation is 1. The highest BCUT2D eigenvalue weighted by atomic mass is 32.2. The van der Waals surface area contributed by atoms with Crippen LogP contribution in [0.1, 0.15) is 31.2 Å². The Balaban J connectivity index is 2.30. The first kappa shape index (κ1) is 16.1. The maximum Gasteiger partial charge on any atom is 0.211 e. The second kappa shape index (κ2) is 8.24. The highest BCUT2D eigenvalue weighted by Crippen LogP contribution is 2.00. The van der Waals surface area contributed by atoms with Crippen LogP contribution in [-0.4, -0.2) is 32.2 Å². The smallest absolute Gasteiger partial charge is 0.211 e. The molecule has 0 aliphatic rings. The third-order valence-electron chi connectivity index (χ3n) is 2.69. The van der Waals surface area contributed by atoms with Gasteiger partial charge in [-0.1, -0.05) is 13.0 Å². The minimum absolute atomic E-state index is 0.171. The summed E-state index contributed by atoms with van der Waals surface area (Å²) < 4.78 is 26.1. The summed E-state index contributed by atoms with van der Waals surface area (Å²) in [6.07, 6.45) is 1.54. The van der Waals surface area contributed by atoms with E-state index in [4.69, 9.17) is 0 Å². The van der Waals surface area contributed by atoms with E-state index in [0.29, 0.717) is 6.42 Å². The average Bonchev–Trinajstić information content (AvgIpc) is 2.36. The van der Waals surface area contributed by atoms with Gasteiger partial charge in [-0.2, -0.15) is 0 Å². The summed E-state index contributed by atoms with van der Waals surface area (Å²) >= 11 is 0. The third kappa shape index (κ3) is 7.25. The standard InChI is InChI=1S/C13H23N3O2S/c1-3-14-9-4-5-10-19(17,18)15-11-13-8-6-7-12(2)16-13/h6-8,14-15H,3-5,9-11H2,1-2H3. The van der Waals surface area contributed by atoms with E-state index in [1.165, 1.54) is 0 Å². The van der Waals surface area contributed by atoms with Crippen LogP contribution in [0.25, 0.3) is 0 Å². The van der Waals surface area contributed by atoms with Gasteiger partial charge in [-0.3, -0.25) is 4.98 Å². The molecule has 0 aliphatic carbocycles. The van der Waals surface area contributed by atoms with Crippen LogP contribution in [0.2, 0.25) is 0 Å². The fourth-order valence-corrected chi connectivity index (χ4v) is 2.77.